The highest BCUT2D eigenvalue weighted by Crippen LogP contribution is 2.34. The summed E-state index contributed by atoms with van der Waals surface area (Å²) in [4.78, 5) is 21.6. The number of hydrogen-bond donors (Lipinski definition) is 2. The molecule has 19 heavy (non-hydrogen) atoms. The Morgan fingerprint density at radius 1 is 1.05 bits per heavy atom. The van der Waals surface area contributed by atoms with Crippen molar-refractivity contribution in [2.75, 3.05) is 0 Å². The number of benzene rings is 1. The van der Waals surface area contributed by atoms with Crippen LogP contribution < -0.4 is 0 Å². The monoisotopic (exact) mass is 260 g/mol. The highest BCUT2D eigenvalue weighted by molar-refractivity contribution is 5.92. The van der Waals surface area contributed by atoms with Gasteiger partial charge in [-0.05, 0) is 35.4 Å². The van der Waals surface area contributed by atoms with Gasteiger partial charge in [0.2, 0.25) is 0 Å². The third-order valence-corrected chi connectivity index (χ3v) is 3.09. The van der Waals surface area contributed by atoms with E-state index in [1.165, 1.54) is 24.3 Å². The number of hydrogen-bond acceptors (Lipinski definition) is 5. The van der Waals surface area contributed by atoms with Crippen molar-refractivity contribution in [3.05, 3.63) is 47.6 Å². The topological polar surface area (TPSA) is 76.0 Å². The molecule has 1 aromatic carbocycles. The molecule has 1 aliphatic carbocycles. The van der Waals surface area contributed by atoms with Crippen LogP contribution in [0.1, 0.15) is 18.1 Å². The van der Waals surface area contributed by atoms with Gasteiger partial charge in [0.1, 0.15) is 23.7 Å². The molecular weight excluding hydrogens is 248 g/mol. The average molecular weight is 260 g/mol. The van der Waals surface area contributed by atoms with E-state index in [2.05, 4.69) is 0 Å². The van der Waals surface area contributed by atoms with Crippen LogP contribution in [-0.2, 0) is 14.6 Å². The fourth-order valence-electron chi connectivity index (χ4n) is 2.18. The summed E-state index contributed by atoms with van der Waals surface area (Å²) in [6.45, 7) is 0. The van der Waals surface area contributed by atoms with Crippen LogP contribution in [0.3, 0.4) is 0 Å². The van der Waals surface area contributed by atoms with Gasteiger partial charge in [-0.2, -0.15) is 0 Å². The predicted molar refractivity (Wildman–Crippen MR) is 65.3 cm³/mol. The molecule has 5 heteroatoms. The Balaban J connectivity index is 1.93. The summed E-state index contributed by atoms with van der Waals surface area (Å²) in [5.41, 5.74) is 1.44. The van der Waals surface area contributed by atoms with Crippen molar-refractivity contribution in [3.8, 4) is 11.5 Å². The molecule has 1 heterocycles. The van der Waals surface area contributed by atoms with Crippen molar-refractivity contribution in [1.29, 1.82) is 0 Å². The minimum Gasteiger partial charge on any atom is -0.508 e. The van der Waals surface area contributed by atoms with Gasteiger partial charge in [0, 0.05) is 12.5 Å². The third-order valence-electron chi connectivity index (χ3n) is 3.09. The van der Waals surface area contributed by atoms with E-state index >= 15 is 0 Å². The zero-order chi connectivity index (χ0) is 13.4. The summed E-state index contributed by atoms with van der Waals surface area (Å²) in [5, 5.41) is 18.9. The molecule has 3 rings (SSSR count). The molecule has 0 fully saturated rings. The molecule has 98 valence electrons. The second-order valence-electron chi connectivity index (χ2n) is 4.55. The molecule has 0 bridgehead atoms. The van der Waals surface area contributed by atoms with Crippen molar-refractivity contribution >= 4 is 5.78 Å². The van der Waals surface area contributed by atoms with Crippen LogP contribution in [0.4, 0.5) is 0 Å². The number of carbonyl (C=O) groups is 1. The number of allylic oxidation sites excluding steroid dienone is 1. The maximum atomic E-state index is 11.2. The average Bonchev–Trinajstić information content (AvgIpc) is 2.37. The number of phenols is 2. The third kappa shape index (κ3) is 2.38. The Morgan fingerprint density at radius 2 is 1.79 bits per heavy atom. The Bertz CT molecular complexity index is 567. The van der Waals surface area contributed by atoms with E-state index in [1.54, 1.807) is 6.08 Å². The highest BCUT2D eigenvalue weighted by atomic mass is 17.2. The first kappa shape index (κ1) is 12.0. The number of fused-ring (bicyclic) bond motifs is 1. The van der Waals surface area contributed by atoms with Crippen molar-refractivity contribution in [2.24, 2.45) is 0 Å². The van der Waals surface area contributed by atoms with Gasteiger partial charge in [-0.3, -0.25) is 4.79 Å². The first-order chi connectivity index (χ1) is 9.11. The minimum atomic E-state index is -0.526. The Hall–Kier alpha value is -2.11. The second kappa shape index (κ2) is 4.53. The quantitative estimate of drug-likeness (QED) is 0.754. The lowest BCUT2D eigenvalue weighted by molar-refractivity contribution is -0.344. The lowest BCUT2D eigenvalue weighted by atomic mass is 9.94. The first-order valence-electron chi connectivity index (χ1n) is 5.89. The number of ketones is 1. The Morgan fingerprint density at radius 3 is 2.53 bits per heavy atom. The van der Waals surface area contributed by atoms with E-state index < -0.39 is 6.10 Å². The van der Waals surface area contributed by atoms with Gasteiger partial charge in [-0.1, -0.05) is 6.08 Å². The van der Waals surface area contributed by atoms with Crippen LogP contribution >= 0.6 is 0 Å². The summed E-state index contributed by atoms with van der Waals surface area (Å²) in [5.74, 6) is -0.0961. The number of phenolic OH excluding ortho intramolecular Hbond substituents is 2. The standard InChI is InChI=1S/C14H12O5/c15-10-2-1-8-5-13(18-19-14(8)7-10)9-3-11(16)6-12(17)4-9/h1-6,13-14,16-17H,7H2. The van der Waals surface area contributed by atoms with Crippen LogP contribution in [0, 0.1) is 0 Å². The van der Waals surface area contributed by atoms with Gasteiger partial charge in [0.05, 0.1) is 0 Å². The summed E-state index contributed by atoms with van der Waals surface area (Å²) < 4.78 is 0. The van der Waals surface area contributed by atoms with E-state index in [-0.39, 0.29) is 29.8 Å². The van der Waals surface area contributed by atoms with Crippen LogP contribution in [0.15, 0.2) is 42.0 Å². The molecule has 0 amide bonds. The maximum absolute atomic E-state index is 11.2. The van der Waals surface area contributed by atoms with E-state index in [1.807, 2.05) is 6.08 Å². The van der Waals surface area contributed by atoms with Gasteiger partial charge in [-0.25, -0.2) is 9.78 Å². The molecule has 1 aromatic rings. The van der Waals surface area contributed by atoms with E-state index in [4.69, 9.17) is 9.78 Å². The molecule has 0 radical (unpaired) electrons. The highest BCUT2D eigenvalue weighted by Gasteiger charge is 2.29. The molecule has 2 aliphatic rings. The van der Waals surface area contributed by atoms with Crippen LogP contribution in [-0.4, -0.2) is 22.1 Å². The molecular formula is C14H12O5. The van der Waals surface area contributed by atoms with Crippen molar-refractivity contribution < 1.29 is 24.8 Å². The van der Waals surface area contributed by atoms with Gasteiger partial charge in [0.15, 0.2) is 5.78 Å². The summed E-state index contributed by atoms with van der Waals surface area (Å²) in [6, 6.07) is 4.22. The lowest BCUT2D eigenvalue weighted by Crippen LogP contribution is -2.27. The largest absolute Gasteiger partial charge is 0.508 e. The summed E-state index contributed by atoms with van der Waals surface area (Å²) in [6.07, 6.45) is 4.38. The lowest BCUT2D eigenvalue weighted by Gasteiger charge is -2.28. The maximum Gasteiger partial charge on any atom is 0.158 e. The molecule has 0 saturated heterocycles. The normalized spacial score (nSPS) is 25.9. The van der Waals surface area contributed by atoms with E-state index in [9.17, 15) is 15.0 Å². The van der Waals surface area contributed by atoms with E-state index in [0.29, 0.717) is 5.56 Å². The van der Waals surface area contributed by atoms with Gasteiger partial charge >= 0.3 is 0 Å². The minimum absolute atomic E-state index is 0.000741. The molecule has 0 saturated carbocycles. The molecule has 2 N–H and O–H groups in total. The first-order valence-corrected chi connectivity index (χ1v) is 5.89. The Labute approximate surface area is 109 Å². The molecule has 0 aromatic heterocycles. The second-order valence-corrected chi connectivity index (χ2v) is 4.55. The zero-order valence-electron chi connectivity index (χ0n) is 9.95. The molecule has 1 aliphatic heterocycles. The smallest absolute Gasteiger partial charge is 0.158 e. The fraction of sp³-hybridized carbons (Fsp3) is 0.214. The van der Waals surface area contributed by atoms with Crippen LogP contribution in [0.2, 0.25) is 0 Å². The number of rotatable bonds is 1. The van der Waals surface area contributed by atoms with Gasteiger partial charge in [-0.15, -0.1) is 0 Å². The summed E-state index contributed by atoms with van der Waals surface area (Å²) >= 11 is 0. The molecule has 0 spiro atoms. The Kier molecular flexibility index (Phi) is 2.85. The van der Waals surface area contributed by atoms with Gasteiger partial charge < -0.3 is 10.2 Å². The van der Waals surface area contributed by atoms with Crippen LogP contribution in [0.5, 0.6) is 11.5 Å². The predicted octanol–water partition coefficient (Wildman–Crippen LogP) is 1.92. The van der Waals surface area contributed by atoms with Crippen molar-refractivity contribution in [1.82, 2.24) is 0 Å². The van der Waals surface area contributed by atoms with E-state index in [0.717, 1.165) is 5.57 Å². The molecule has 5 nitrogen and oxygen atoms in total. The zero-order valence-corrected chi connectivity index (χ0v) is 9.95. The summed E-state index contributed by atoms with van der Waals surface area (Å²) in [7, 11) is 0. The molecule has 2 atom stereocenters. The number of carbonyl (C=O) groups excluding carboxylic acids is 1. The van der Waals surface area contributed by atoms with Gasteiger partial charge in [0.25, 0.3) is 0 Å². The van der Waals surface area contributed by atoms with Crippen LogP contribution in [0.25, 0.3) is 0 Å². The van der Waals surface area contributed by atoms with Crippen molar-refractivity contribution in [2.45, 2.75) is 18.6 Å². The van der Waals surface area contributed by atoms with Crippen molar-refractivity contribution in [3.63, 3.8) is 0 Å². The SMILES string of the molecule is O=C1C=CC2=CC(c3cc(O)cc(O)c3)OOC2C1. The number of aromatic hydroxyl groups is 2. The fourth-order valence-corrected chi connectivity index (χ4v) is 2.18. The molecule has 2 unspecified atom stereocenters.